The molecule has 0 fully saturated rings. The van der Waals surface area contributed by atoms with E-state index in [4.69, 9.17) is 5.73 Å². The van der Waals surface area contributed by atoms with E-state index < -0.39 is 6.09 Å². The van der Waals surface area contributed by atoms with E-state index in [0.29, 0.717) is 0 Å². The molecule has 0 spiro atoms. The van der Waals surface area contributed by atoms with Crippen molar-refractivity contribution in [2.24, 2.45) is 10.7 Å². The molecule has 0 aliphatic heterocycles. The molecule has 1 amide bonds. The van der Waals surface area contributed by atoms with Crippen LogP contribution in [-0.4, -0.2) is 18.0 Å². The van der Waals surface area contributed by atoms with E-state index in [1.165, 1.54) is 6.92 Å². The lowest BCUT2D eigenvalue weighted by Crippen LogP contribution is -2.13. The third-order valence-electron chi connectivity index (χ3n) is 0.604. The molecular weight excluding hydrogens is 132 g/mol. The van der Waals surface area contributed by atoms with Gasteiger partial charge in [-0.25, -0.2) is 4.79 Å². The average molecular weight is 144 g/mol. The molecule has 4 heteroatoms. The molecule has 58 valence electrons. The molecule has 0 aliphatic carbocycles. The summed E-state index contributed by atoms with van der Waals surface area (Å²) in [5.74, 6) is 0.214. The summed E-state index contributed by atoms with van der Waals surface area (Å²) >= 11 is 0. The molecule has 10 heavy (non-hydrogen) atoms. The first-order valence-corrected chi connectivity index (χ1v) is 3.03. The number of ether oxygens (including phenoxy) is 1. The van der Waals surface area contributed by atoms with Crippen LogP contribution in [-0.2, 0) is 4.74 Å². The summed E-state index contributed by atoms with van der Waals surface area (Å²) in [7, 11) is 0. The van der Waals surface area contributed by atoms with Crippen LogP contribution in [0.5, 0.6) is 0 Å². The second kappa shape index (κ2) is 3.87. The summed E-state index contributed by atoms with van der Waals surface area (Å²) in [6.07, 6.45) is -0.773. The summed E-state index contributed by atoms with van der Waals surface area (Å²) in [5, 5.41) is 0. The lowest BCUT2D eigenvalue weighted by molar-refractivity contribution is 0.126. The molecule has 0 atom stereocenters. The van der Waals surface area contributed by atoms with Gasteiger partial charge < -0.3 is 10.5 Å². The predicted molar refractivity (Wildman–Crippen MR) is 38.9 cm³/mol. The molecule has 4 nitrogen and oxygen atoms in total. The SMILES string of the molecule is C/C(N)=N/C(=O)OC(C)C. The molecule has 0 bridgehead atoms. The van der Waals surface area contributed by atoms with Crippen LogP contribution in [0.3, 0.4) is 0 Å². The highest BCUT2D eigenvalue weighted by molar-refractivity contribution is 5.88. The first kappa shape index (κ1) is 8.94. The standard InChI is InChI=1S/C6H12N2O2/c1-4(2)10-6(9)8-5(3)7/h4H,1-3H3,(H2,7,8,9). The number of rotatable bonds is 1. The number of amidine groups is 1. The van der Waals surface area contributed by atoms with Crippen molar-refractivity contribution in [1.29, 1.82) is 0 Å². The molecule has 0 saturated heterocycles. The summed E-state index contributed by atoms with van der Waals surface area (Å²) < 4.78 is 4.65. The van der Waals surface area contributed by atoms with Crippen molar-refractivity contribution in [3.63, 3.8) is 0 Å². The first-order chi connectivity index (χ1) is 4.52. The van der Waals surface area contributed by atoms with Gasteiger partial charge in [-0.05, 0) is 20.8 Å². The molecule has 2 N–H and O–H groups in total. The second-order valence-corrected chi connectivity index (χ2v) is 2.19. The van der Waals surface area contributed by atoms with Crippen molar-refractivity contribution in [1.82, 2.24) is 0 Å². The van der Waals surface area contributed by atoms with E-state index >= 15 is 0 Å². The molecular formula is C6H12N2O2. The molecule has 0 aromatic heterocycles. The summed E-state index contributed by atoms with van der Waals surface area (Å²) in [6.45, 7) is 5.03. The number of nitrogens with zero attached hydrogens (tertiary/aromatic N) is 1. The fourth-order valence-corrected chi connectivity index (χ4v) is 0.372. The Morgan fingerprint density at radius 3 is 2.40 bits per heavy atom. The molecule has 0 rings (SSSR count). The van der Waals surface area contributed by atoms with Gasteiger partial charge in [0.05, 0.1) is 6.10 Å². The average Bonchev–Trinajstić information content (AvgIpc) is 1.58. The topological polar surface area (TPSA) is 64.7 Å². The van der Waals surface area contributed by atoms with Crippen LogP contribution in [0.2, 0.25) is 0 Å². The van der Waals surface area contributed by atoms with E-state index in [0.717, 1.165) is 0 Å². The maximum atomic E-state index is 10.6. The number of hydrogen-bond donors (Lipinski definition) is 1. The third kappa shape index (κ3) is 5.08. The zero-order valence-electron chi connectivity index (χ0n) is 6.42. The maximum Gasteiger partial charge on any atom is 0.435 e. The summed E-state index contributed by atoms with van der Waals surface area (Å²) in [5.41, 5.74) is 5.12. The molecule has 0 aromatic rings. The largest absolute Gasteiger partial charge is 0.445 e. The quantitative estimate of drug-likeness (QED) is 0.439. The monoisotopic (exact) mass is 144 g/mol. The van der Waals surface area contributed by atoms with Crippen LogP contribution in [0.1, 0.15) is 20.8 Å². The molecule has 0 radical (unpaired) electrons. The van der Waals surface area contributed by atoms with Gasteiger partial charge in [-0.3, -0.25) is 0 Å². The molecule has 0 heterocycles. The van der Waals surface area contributed by atoms with Crippen molar-refractivity contribution in [3.8, 4) is 0 Å². The minimum atomic E-state index is -0.630. The normalized spacial score (nSPS) is 11.8. The molecule has 0 unspecified atom stereocenters. The van der Waals surface area contributed by atoms with Crippen molar-refractivity contribution < 1.29 is 9.53 Å². The van der Waals surface area contributed by atoms with Crippen molar-refractivity contribution in [2.75, 3.05) is 0 Å². The number of amides is 1. The van der Waals surface area contributed by atoms with Crippen LogP contribution in [0, 0.1) is 0 Å². The van der Waals surface area contributed by atoms with Gasteiger partial charge in [0, 0.05) is 0 Å². The van der Waals surface area contributed by atoms with Gasteiger partial charge in [-0.2, -0.15) is 4.99 Å². The van der Waals surface area contributed by atoms with Gasteiger partial charge in [-0.1, -0.05) is 0 Å². The van der Waals surface area contributed by atoms with Crippen molar-refractivity contribution in [3.05, 3.63) is 0 Å². The predicted octanol–water partition coefficient (Wildman–Crippen LogP) is 0.908. The smallest absolute Gasteiger partial charge is 0.435 e. The Balaban J connectivity index is 3.76. The third-order valence-corrected chi connectivity index (χ3v) is 0.604. The number of hydrogen-bond acceptors (Lipinski definition) is 2. The number of carbonyl (C=O) groups is 1. The van der Waals surface area contributed by atoms with Crippen LogP contribution in [0.25, 0.3) is 0 Å². The van der Waals surface area contributed by atoms with Crippen LogP contribution in [0.4, 0.5) is 4.79 Å². The Kier molecular flexibility index (Phi) is 3.46. The van der Waals surface area contributed by atoms with Crippen molar-refractivity contribution >= 4 is 11.9 Å². The van der Waals surface area contributed by atoms with E-state index in [1.54, 1.807) is 13.8 Å². The molecule has 0 aromatic carbocycles. The van der Waals surface area contributed by atoms with Crippen LogP contribution in [0.15, 0.2) is 4.99 Å². The lowest BCUT2D eigenvalue weighted by Gasteiger charge is -2.02. The highest BCUT2D eigenvalue weighted by Crippen LogP contribution is 1.91. The van der Waals surface area contributed by atoms with E-state index in [-0.39, 0.29) is 11.9 Å². The van der Waals surface area contributed by atoms with Gasteiger partial charge in [0.25, 0.3) is 0 Å². The van der Waals surface area contributed by atoms with Gasteiger partial charge in [0.15, 0.2) is 0 Å². The van der Waals surface area contributed by atoms with Crippen molar-refractivity contribution in [2.45, 2.75) is 26.9 Å². The zero-order valence-corrected chi connectivity index (χ0v) is 6.42. The molecule has 0 saturated carbocycles. The Morgan fingerprint density at radius 2 is 2.10 bits per heavy atom. The van der Waals surface area contributed by atoms with E-state index in [9.17, 15) is 4.79 Å². The molecule has 0 aliphatic rings. The lowest BCUT2D eigenvalue weighted by atomic mass is 10.5. The number of nitrogens with two attached hydrogens (primary N) is 1. The van der Waals surface area contributed by atoms with Gasteiger partial charge in [0.2, 0.25) is 0 Å². The highest BCUT2D eigenvalue weighted by atomic mass is 16.6. The Labute approximate surface area is 60.1 Å². The fourth-order valence-electron chi connectivity index (χ4n) is 0.372. The number of aliphatic imine (C=N–C) groups is 1. The number of carbonyl (C=O) groups excluding carboxylic acids is 1. The van der Waals surface area contributed by atoms with Crippen LogP contribution < -0.4 is 5.73 Å². The summed E-state index contributed by atoms with van der Waals surface area (Å²) in [4.78, 5) is 13.9. The van der Waals surface area contributed by atoms with Gasteiger partial charge in [-0.15, -0.1) is 0 Å². The van der Waals surface area contributed by atoms with E-state index in [2.05, 4.69) is 9.73 Å². The van der Waals surface area contributed by atoms with Gasteiger partial charge >= 0.3 is 6.09 Å². The minimum absolute atomic E-state index is 0.143. The summed E-state index contributed by atoms with van der Waals surface area (Å²) in [6, 6.07) is 0. The zero-order chi connectivity index (χ0) is 8.15. The first-order valence-electron chi connectivity index (χ1n) is 3.03. The Hall–Kier alpha value is -1.06. The van der Waals surface area contributed by atoms with Gasteiger partial charge in [0.1, 0.15) is 5.84 Å². The maximum absolute atomic E-state index is 10.6. The van der Waals surface area contributed by atoms with E-state index in [1.807, 2.05) is 0 Å². The second-order valence-electron chi connectivity index (χ2n) is 2.19. The highest BCUT2D eigenvalue weighted by Gasteiger charge is 2.01. The Morgan fingerprint density at radius 1 is 1.60 bits per heavy atom. The minimum Gasteiger partial charge on any atom is -0.445 e. The van der Waals surface area contributed by atoms with Crippen LogP contribution >= 0.6 is 0 Å². The fraction of sp³-hybridized carbons (Fsp3) is 0.667. The Bertz CT molecular complexity index is 148.